The van der Waals surface area contributed by atoms with Gasteiger partial charge in [0, 0.05) is 12.1 Å². The lowest BCUT2D eigenvalue weighted by atomic mass is 10.1. The van der Waals surface area contributed by atoms with E-state index < -0.39 is 0 Å². The number of aliphatic hydroxyl groups excluding tert-OH is 1. The smallest absolute Gasteiger partial charge is 0.254 e. The summed E-state index contributed by atoms with van der Waals surface area (Å²) in [5.74, 6) is 0.0419. The molecule has 2 rings (SSSR count). The van der Waals surface area contributed by atoms with Crippen molar-refractivity contribution in [3.05, 3.63) is 35.4 Å². The summed E-state index contributed by atoms with van der Waals surface area (Å²) in [4.78, 5) is 14.0. The number of amides is 1. The highest BCUT2D eigenvalue weighted by atomic mass is 16.3. The zero-order valence-electron chi connectivity index (χ0n) is 9.52. The molecule has 1 heterocycles. The van der Waals surface area contributed by atoms with Crippen LogP contribution in [0.1, 0.15) is 28.8 Å². The number of hydrogen-bond donors (Lipinski definition) is 1. The molecule has 1 atom stereocenters. The van der Waals surface area contributed by atoms with Gasteiger partial charge in [-0.25, -0.2) is 0 Å². The molecular weight excluding hydrogens is 202 g/mol. The van der Waals surface area contributed by atoms with E-state index in [9.17, 15) is 9.90 Å². The maximum atomic E-state index is 12.2. The summed E-state index contributed by atoms with van der Waals surface area (Å²) in [6, 6.07) is 7.61. The lowest BCUT2D eigenvalue weighted by Gasteiger charge is -2.23. The second kappa shape index (κ2) is 4.66. The molecule has 0 radical (unpaired) electrons. The predicted molar refractivity (Wildman–Crippen MR) is 62.3 cm³/mol. The molecular formula is C13H17NO2. The summed E-state index contributed by atoms with van der Waals surface area (Å²) in [5, 5.41) is 9.19. The number of carbonyl (C=O) groups excluding carboxylic acids is 1. The molecule has 1 aliphatic rings. The fourth-order valence-corrected chi connectivity index (χ4v) is 2.24. The van der Waals surface area contributed by atoms with Crippen molar-refractivity contribution >= 4 is 5.91 Å². The van der Waals surface area contributed by atoms with Gasteiger partial charge in [-0.1, -0.05) is 17.7 Å². The largest absolute Gasteiger partial charge is 0.394 e. The number of benzene rings is 1. The summed E-state index contributed by atoms with van der Waals surface area (Å²) >= 11 is 0. The van der Waals surface area contributed by atoms with Crippen molar-refractivity contribution in [2.75, 3.05) is 13.2 Å². The van der Waals surface area contributed by atoms with E-state index >= 15 is 0 Å². The minimum atomic E-state index is 0.00742. The van der Waals surface area contributed by atoms with Crippen molar-refractivity contribution < 1.29 is 9.90 Å². The molecule has 86 valence electrons. The molecule has 1 aliphatic heterocycles. The van der Waals surface area contributed by atoms with E-state index in [0.717, 1.165) is 30.5 Å². The van der Waals surface area contributed by atoms with Crippen molar-refractivity contribution in [2.45, 2.75) is 25.8 Å². The SMILES string of the molecule is Cc1cccc(C(=O)N2CCCC2CO)c1. The molecule has 0 aliphatic carbocycles. The number of likely N-dealkylation sites (tertiary alicyclic amines) is 1. The van der Waals surface area contributed by atoms with E-state index in [0.29, 0.717) is 0 Å². The minimum Gasteiger partial charge on any atom is -0.394 e. The second-order valence-electron chi connectivity index (χ2n) is 4.35. The molecule has 1 N–H and O–H groups in total. The number of hydrogen-bond acceptors (Lipinski definition) is 2. The molecule has 1 aromatic rings. The molecule has 1 unspecified atom stereocenters. The zero-order valence-corrected chi connectivity index (χ0v) is 9.52. The average Bonchev–Trinajstić information content (AvgIpc) is 2.76. The highest BCUT2D eigenvalue weighted by molar-refractivity contribution is 5.94. The highest BCUT2D eigenvalue weighted by Crippen LogP contribution is 2.19. The molecule has 1 aromatic carbocycles. The van der Waals surface area contributed by atoms with Gasteiger partial charge in [0.1, 0.15) is 0 Å². The first-order chi connectivity index (χ1) is 7.72. The summed E-state index contributed by atoms with van der Waals surface area (Å²) < 4.78 is 0. The minimum absolute atomic E-state index is 0.00742. The molecule has 3 nitrogen and oxygen atoms in total. The van der Waals surface area contributed by atoms with Gasteiger partial charge in [0.2, 0.25) is 0 Å². The van der Waals surface area contributed by atoms with Crippen LogP contribution in [0.15, 0.2) is 24.3 Å². The van der Waals surface area contributed by atoms with Crippen LogP contribution in [0.2, 0.25) is 0 Å². The zero-order chi connectivity index (χ0) is 11.5. The lowest BCUT2D eigenvalue weighted by molar-refractivity contribution is 0.0677. The van der Waals surface area contributed by atoms with Gasteiger partial charge in [-0.3, -0.25) is 4.79 Å². The van der Waals surface area contributed by atoms with E-state index in [-0.39, 0.29) is 18.6 Å². The van der Waals surface area contributed by atoms with Gasteiger partial charge in [0.25, 0.3) is 5.91 Å². The van der Waals surface area contributed by atoms with Gasteiger partial charge in [0.05, 0.1) is 12.6 Å². The Kier molecular flexibility index (Phi) is 3.25. The van der Waals surface area contributed by atoms with Crippen LogP contribution < -0.4 is 0 Å². The lowest BCUT2D eigenvalue weighted by Crippen LogP contribution is -2.37. The summed E-state index contributed by atoms with van der Waals surface area (Å²) in [6.45, 7) is 2.81. The Labute approximate surface area is 95.7 Å². The maximum absolute atomic E-state index is 12.2. The first-order valence-electron chi connectivity index (χ1n) is 5.71. The van der Waals surface area contributed by atoms with Crippen LogP contribution in [0.25, 0.3) is 0 Å². The Morgan fingerprint density at radius 3 is 3.06 bits per heavy atom. The number of aliphatic hydroxyl groups is 1. The standard InChI is InChI=1S/C13H17NO2/c1-10-4-2-5-11(8-10)13(16)14-7-3-6-12(14)9-15/h2,4-5,8,12,15H,3,6-7,9H2,1H3. The third-order valence-electron chi connectivity index (χ3n) is 3.11. The van der Waals surface area contributed by atoms with Crippen LogP contribution >= 0.6 is 0 Å². The van der Waals surface area contributed by atoms with E-state index in [1.165, 1.54) is 0 Å². The average molecular weight is 219 g/mol. The normalized spacial score (nSPS) is 20.1. The van der Waals surface area contributed by atoms with Gasteiger partial charge < -0.3 is 10.0 Å². The van der Waals surface area contributed by atoms with Gasteiger partial charge in [0.15, 0.2) is 0 Å². The number of rotatable bonds is 2. The van der Waals surface area contributed by atoms with Crippen LogP contribution in [-0.2, 0) is 0 Å². The van der Waals surface area contributed by atoms with Crippen molar-refractivity contribution in [1.82, 2.24) is 4.90 Å². The molecule has 0 bridgehead atoms. The van der Waals surface area contributed by atoms with E-state index in [1.54, 1.807) is 4.90 Å². The Balaban J connectivity index is 2.18. The molecule has 0 aromatic heterocycles. The van der Waals surface area contributed by atoms with Crippen molar-refractivity contribution in [3.63, 3.8) is 0 Å². The monoisotopic (exact) mass is 219 g/mol. The Bertz CT molecular complexity index is 389. The number of nitrogens with zero attached hydrogens (tertiary/aromatic N) is 1. The fraction of sp³-hybridized carbons (Fsp3) is 0.462. The van der Waals surface area contributed by atoms with Crippen molar-refractivity contribution in [1.29, 1.82) is 0 Å². The summed E-state index contributed by atoms with van der Waals surface area (Å²) in [6.07, 6.45) is 1.90. The predicted octanol–water partition coefficient (Wildman–Crippen LogP) is 1.59. The Morgan fingerprint density at radius 2 is 2.38 bits per heavy atom. The van der Waals surface area contributed by atoms with Crippen LogP contribution in [0.5, 0.6) is 0 Å². The molecule has 1 saturated heterocycles. The third-order valence-corrected chi connectivity index (χ3v) is 3.11. The topological polar surface area (TPSA) is 40.5 Å². The third kappa shape index (κ3) is 2.09. The fourth-order valence-electron chi connectivity index (χ4n) is 2.24. The van der Waals surface area contributed by atoms with Gasteiger partial charge in [-0.05, 0) is 31.9 Å². The summed E-state index contributed by atoms with van der Waals surface area (Å²) in [5.41, 5.74) is 1.81. The molecule has 16 heavy (non-hydrogen) atoms. The first-order valence-corrected chi connectivity index (χ1v) is 5.71. The van der Waals surface area contributed by atoms with E-state index in [1.807, 2.05) is 31.2 Å². The van der Waals surface area contributed by atoms with E-state index in [2.05, 4.69) is 0 Å². The van der Waals surface area contributed by atoms with Crippen LogP contribution in [0, 0.1) is 6.92 Å². The molecule has 0 saturated carbocycles. The molecule has 1 amide bonds. The van der Waals surface area contributed by atoms with Gasteiger partial charge >= 0.3 is 0 Å². The second-order valence-corrected chi connectivity index (χ2v) is 4.35. The quantitative estimate of drug-likeness (QED) is 0.820. The van der Waals surface area contributed by atoms with Crippen LogP contribution in [0.3, 0.4) is 0 Å². The molecule has 1 fully saturated rings. The Morgan fingerprint density at radius 1 is 1.56 bits per heavy atom. The molecule has 3 heteroatoms. The first kappa shape index (κ1) is 11.1. The van der Waals surface area contributed by atoms with Gasteiger partial charge in [-0.2, -0.15) is 0 Å². The number of aryl methyl sites for hydroxylation is 1. The summed E-state index contributed by atoms with van der Waals surface area (Å²) in [7, 11) is 0. The van der Waals surface area contributed by atoms with Crippen LogP contribution in [-0.4, -0.2) is 35.1 Å². The highest BCUT2D eigenvalue weighted by Gasteiger charge is 2.28. The number of carbonyl (C=O) groups is 1. The van der Waals surface area contributed by atoms with E-state index in [4.69, 9.17) is 0 Å². The molecule has 0 spiro atoms. The van der Waals surface area contributed by atoms with Crippen LogP contribution in [0.4, 0.5) is 0 Å². The van der Waals surface area contributed by atoms with Crippen molar-refractivity contribution in [2.24, 2.45) is 0 Å². The Hall–Kier alpha value is -1.35. The van der Waals surface area contributed by atoms with Crippen molar-refractivity contribution in [3.8, 4) is 0 Å². The van der Waals surface area contributed by atoms with Gasteiger partial charge in [-0.15, -0.1) is 0 Å². The maximum Gasteiger partial charge on any atom is 0.254 e.